The number of para-hydroxylation sites is 1. The van der Waals surface area contributed by atoms with Gasteiger partial charge in [-0.3, -0.25) is 9.36 Å². The molecule has 0 atom stereocenters. The van der Waals surface area contributed by atoms with Crippen molar-refractivity contribution < 1.29 is 4.79 Å². The van der Waals surface area contributed by atoms with Crippen LogP contribution in [0.15, 0.2) is 97.2 Å². The monoisotopic (exact) mass is 324 g/mol. The van der Waals surface area contributed by atoms with Gasteiger partial charge in [0.1, 0.15) is 0 Å². The van der Waals surface area contributed by atoms with Crippen LogP contribution < -0.4 is 0 Å². The normalized spacial score (nSPS) is 10.6. The Morgan fingerprint density at radius 2 is 1.28 bits per heavy atom. The molecule has 3 aromatic carbocycles. The summed E-state index contributed by atoms with van der Waals surface area (Å²) in [6.07, 6.45) is 1.92. The largest absolute Gasteiger partial charge is 0.296 e. The van der Waals surface area contributed by atoms with Crippen molar-refractivity contribution in [2.75, 3.05) is 0 Å². The van der Waals surface area contributed by atoms with E-state index in [-0.39, 0.29) is 5.78 Å². The summed E-state index contributed by atoms with van der Waals surface area (Å²) in [6, 6.07) is 28.9. The Balaban J connectivity index is 1.87. The number of imidazole rings is 1. The summed E-state index contributed by atoms with van der Waals surface area (Å²) in [4.78, 5) is 17.6. The zero-order chi connectivity index (χ0) is 17.1. The lowest BCUT2D eigenvalue weighted by atomic mass is 10.1. The molecule has 3 nitrogen and oxygen atoms in total. The molecule has 0 radical (unpaired) electrons. The molecule has 0 amide bonds. The topological polar surface area (TPSA) is 34.9 Å². The Kier molecular flexibility index (Phi) is 3.97. The highest BCUT2D eigenvalue weighted by molar-refractivity contribution is 6.07. The standard InChI is InChI=1S/C22H16N2O/c25-21(18-12-6-2-7-13-18)22-23-20(17-10-4-1-5-11-17)16-24(22)19-14-8-3-9-15-19/h1-16H. The van der Waals surface area contributed by atoms with Gasteiger partial charge in [0.2, 0.25) is 5.78 Å². The second-order valence-electron chi connectivity index (χ2n) is 5.72. The fourth-order valence-electron chi connectivity index (χ4n) is 2.79. The molecule has 4 aromatic rings. The molecule has 0 N–H and O–H groups in total. The van der Waals surface area contributed by atoms with E-state index in [1.165, 1.54) is 0 Å². The molecule has 1 heterocycles. The third-order valence-electron chi connectivity index (χ3n) is 4.05. The second kappa shape index (κ2) is 6.57. The quantitative estimate of drug-likeness (QED) is 0.507. The lowest BCUT2D eigenvalue weighted by molar-refractivity contribution is 0.102. The van der Waals surface area contributed by atoms with Crippen molar-refractivity contribution in [3.05, 3.63) is 109 Å². The van der Waals surface area contributed by atoms with Crippen molar-refractivity contribution >= 4 is 5.78 Å². The van der Waals surface area contributed by atoms with Crippen LogP contribution in [0.3, 0.4) is 0 Å². The van der Waals surface area contributed by atoms with Gasteiger partial charge in [0.05, 0.1) is 5.69 Å². The van der Waals surface area contributed by atoms with Gasteiger partial charge in [-0.05, 0) is 12.1 Å². The van der Waals surface area contributed by atoms with E-state index in [4.69, 9.17) is 0 Å². The molecule has 0 unspecified atom stereocenters. The maximum absolute atomic E-state index is 13.0. The number of ketones is 1. The zero-order valence-corrected chi connectivity index (χ0v) is 13.5. The molecule has 0 saturated heterocycles. The maximum atomic E-state index is 13.0. The molecule has 0 fully saturated rings. The Bertz CT molecular complexity index is 990. The van der Waals surface area contributed by atoms with Crippen LogP contribution in [-0.2, 0) is 0 Å². The molecular formula is C22H16N2O. The van der Waals surface area contributed by atoms with Crippen molar-refractivity contribution in [1.82, 2.24) is 9.55 Å². The summed E-state index contributed by atoms with van der Waals surface area (Å²) >= 11 is 0. The van der Waals surface area contributed by atoms with Crippen molar-refractivity contribution in [2.24, 2.45) is 0 Å². The van der Waals surface area contributed by atoms with Crippen LogP contribution in [0.2, 0.25) is 0 Å². The summed E-state index contributed by atoms with van der Waals surface area (Å²) in [6.45, 7) is 0. The minimum Gasteiger partial charge on any atom is -0.296 e. The maximum Gasteiger partial charge on any atom is 0.228 e. The average molecular weight is 324 g/mol. The minimum absolute atomic E-state index is 0.0911. The summed E-state index contributed by atoms with van der Waals surface area (Å²) in [7, 11) is 0. The van der Waals surface area contributed by atoms with E-state index in [0.717, 1.165) is 16.9 Å². The van der Waals surface area contributed by atoms with E-state index in [1.807, 2.05) is 102 Å². The van der Waals surface area contributed by atoms with E-state index >= 15 is 0 Å². The summed E-state index contributed by atoms with van der Waals surface area (Å²) in [5, 5.41) is 0. The van der Waals surface area contributed by atoms with E-state index in [0.29, 0.717) is 11.4 Å². The average Bonchev–Trinajstić information content (AvgIpc) is 3.15. The lowest BCUT2D eigenvalue weighted by Crippen LogP contribution is -2.09. The first-order chi connectivity index (χ1) is 12.3. The first-order valence-electron chi connectivity index (χ1n) is 8.13. The number of rotatable bonds is 4. The van der Waals surface area contributed by atoms with Crippen molar-refractivity contribution in [1.29, 1.82) is 0 Å². The van der Waals surface area contributed by atoms with Crippen LogP contribution in [0.1, 0.15) is 16.2 Å². The molecule has 0 aliphatic rings. The molecule has 1 aromatic heterocycles. The number of aromatic nitrogens is 2. The molecule has 0 aliphatic heterocycles. The van der Waals surface area contributed by atoms with Gasteiger partial charge in [-0.15, -0.1) is 0 Å². The predicted octanol–water partition coefficient (Wildman–Crippen LogP) is 4.77. The van der Waals surface area contributed by atoms with E-state index in [9.17, 15) is 4.79 Å². The third-order valence-corrected chi connectivity index (χ3v) is 4.05. The molecule has 4 rings (SSSR count). The lowest BCUT2D eigenvalue weighted by Gasteiger charge is -2.06. The SMILES string of the molecule is O=C(c1ccccc1)c1nc(-c2ccccc2)cn1-c1ccccc1. The number of nitrogens with zero attached hydrogens (tertiary/aromatic N) is 2. The van der Waals surface area contributed by atoms with E-state index in [1.54, 1.807) is 0 Å². The van der Waals surface area contributed by atoms with Crippen LogP contribution in [0.25, 0.3) is 16.9 Å². The van der Waals surface area contributed by atoms with Crippen LogP contribution in [0.5, 0.6) is 0 Å². The van der Waals surface area contributed by atoms with Crippen molar-refractivity contribution in [3.63, 3.8) is 0 Å². The van der Waals surface area contributed by atoms with Gasteiger partial charge in [-0.25, -0.2) is 4.98 Å². The highest BCUT2D eigenvalue weighted by Crippen LogP contribution is 2.23. The predicted molar refractivity (Wildman–Crippen MR) is 98.9 cm³/mol. The molecule has 0 spiro atoms. The molecule has 0 aliphatic carbocycles. The van der Waals surface area contributed by atoms with E-state index < -0.39 is 0 Å². The fourth-order valence-corrected chi connectivity index (χ4v) is 2.79. The molecule has 3 heteroatoms. The van der Waals surface area contributed by atoms with Gasteiger partial charge in [0.25, 0.3) is 0 Å². The molecule has 0 saturated carbocycles. The van der Waals surface area contributed by atoms with Gasteiger partial charge < -0.3 is 0 Å². The first-order valence-corrected chi connectivity index (χ1v) is 8.13. The Morgan fingerprint density at radius 1 is 0.720 bits per heavy atom. The number of hydrogen-bond donors (Lipinski definition) is 0. The first kappa shape index (κ1) is 15.1. The van der Waals surface area contributed by atoms with E-state index in [2.05, 4.69) is 4.98 Å². The van der Waals surface area contributed by atoms with Crippen LogP contribution >= 0.6 is 0 Å². The fraction of sp³-hybridized carbons (Fsp3) is 0. The zero-order valence-electron chi connectivity index (χ0n) is 13.5. The van der Waals surface area contributed by atoms with Gasteiger partial charge in [-0.1, -0.05) is 78.9 Å². The molecule has 0 bridgehead atoms. The minimum atomic E-state index is -0.0911. The third kappa shape index (κ3) is 3.00. The second-order valence-corrected chi connectivity index (χ2v) is 5.72. The van der Waals surface area contributed by atoms with Crippen LogP contribution in [-0.4, -0.2) is 15.3 Å². The summed E-state index contributed by atoms with van der Waals surface area (Å²) < 4.78 is 1.86. The number of hydrogen-bond acceptors (Lipinski definition) is 2. The van der Waals surface area contributed by atoms with Crippen molar-refractivity contribution in [3.8, 4) is 16.9 Å². The van der Waals surface area contributed by atoms with Gasteiger partial charge in [-0.2, -0.15) is 0 Å². The number of benzene rings is 3. The van der Waals surface area contributed by atoms with Crippen LogP contribution in [0.4, 0.5) is 0 Å². The molecular weight excluding hydrogens is 308 g/mol. The number of carbonyl (C=O) groups excluding carboxylic acids is 1. The Labute approximate surface area is 146 Å². The number of carbonyl (C=O) groups is 1. The smallest absolute Gasteiger partial charge is 0.228 e. The Morgan fingerprint density at radius 3 is 1.92 bits per heavy atom. The molecule has 25 heavy (non-hydrogen) atoms. The Hall–Kier alpha value is -3.46. The molecule has 120 valence electrons. The van der Waals surface area contributed by atoms with Gasteiger partial charge in [0.15, 0.2) is 5.82 Å². The summed E-state index contributed by atoms with van der Waals surface area (Å²) in [5.74, 6) is 0.322. The van der Waals surface area contributed by atoms with Crippen molar-refractivity contribution in [2.45, 2.75) is 0 Å². The highest BCUT2D eigenvalue weighted by Gasteiger charge is 2.19. The highest BCUT2D eigenvalue weighted by atomic mass is 16.1. The van der Waals surface area contributed by atoms with Gasteiger partial charge >= 0.3 is 0 Å². The van der Waals surface area contributed by atoms with Gasteiger partial charge in [0, 0.05) is 23.0 Å². The van der Waals surface area contributed by atoms with Crippen LogP contribution in [0, 0.1) is 0 Å². The summed E-state index contributed by atoms with van der Waals surface area (Å²) in [5.41, 5.74) is 3.31.